The van der Waals surface area contributed by atoms with Gasteiger partial charge in [0.25, 0.3) is 0 Å². The third kappa shape index (κ3) is 11.1. The Kier molecular flexibility index (Phi) is 19.9. The molecule has 1 nitrogen and oxygen atoms in total. The van der Waals surface area contributed by atoms with Crippen LogP contribution in [0.1, 0.15) is 0 Å². The Hall–Kier alpha value is 1.13. The predicted octanol–water partition coefficient (Wildman–Crippen LogP) is -0.390. The third-order valence-corrected chi connectivity index (χ3v) is 0. The van der Waals surface area contributed by atoms with Gasteiger partial charge in [-0.1, -0.05) is 6.82 Å². The van der Waals surface area contributed by atoms with Crippen molar-refractivity contribution in [2.24, 2.45) is 5.64 Å². The molecule has 0 aliphatic heterocycles. The van der Waals surface area contributed by atoms with Crippen LogP contribution in [-0.2, 0) is 32.7 Å². The summed E-state index contributed by atoms with van der Waals surface area (Å²) in [5.41, 5.74) is 4.72. The second kappa shape index (κ2) is 8.92. The number of nitrogens with two attached hydrogens (primary N) is 1. The van der Waals surface area contributed by atoms with E-state index in [9.17, 15) is 0 Å². The molecule has 4 heavy (non-hydrogen) atoms. The minimum absolute atomic E-state index is 0. The summed E-state index contributed by atoms with van der Waals surface area (Å²) >= 11 is 0. The molecule has 0 saturated carbocycles. The Morgan fingerprint density at radius 1 is 1.75 bits per heavy atom. The van der Waals surface area contributed by atoms with Crippen LogP contribution in [0, 0.1) is 0 Å². The fourth-order valence-corrected chi connectivity index (χ4v) is 0. The van der Waals surface area contributed by atoms with E-state index in [1.54, 1.807) is 6.82 Å². The van der Waals surface area contributed by atoms with Crippen LogP contribution in [0.15, 0.2) is 0 Å². The van der Waals surface area contributed by atoms with Gasteiger partial charge in [0, 0.05) is 32.7 Å². The van der Waals surface area contributed by atoms with Gasteiger partial charge in [-0.2, -0.15) is 0 Å². The zero-order valence-corrected chi connectivity index (χ0v) is 5.57. The number of rotatable bonds is 0. The smallest absolute Gasteiger partial charge is 0.198 e. The van der Waals surface area contributed by atoms with Gasteiger partial charge in [0.1, 0.15) is 0 Å². The second-order valence-electron chi connectivity index (χ2n) is 0.333. The van der Waals surface area contributed by atoms with Crippen molar-refractivity contribution in [1.29, 1.82) is 0 Å². The van der Waals surface area contributed by atoms with Crippen molar-refractivity contribution >= 4 is 7.41 Å². The summed E-state index contributed by atoms with van der Waals surface area (Å²) in [5, 5.41) is 0. The fraction of sp³-hybridized carbons (Fsp3) is 1.00. The first-order valence-electron chi connectivity index (χ1n) is 0.911. The minimum Gasteiger partial charge on any atom is -0.375 e. The average molecular weight is 131 g/mol. The molecule has 0 amide bonds. The van der Waals surface area contributed by atoms with Gasteiger partial charge >= 0.3 is 0 Å². The van der Waals surface area contributed by atoms with E-state index < -0.39 is 0 Å². The first kappa shape index (κ1) is 8.93. The molecule has 0 aliphatic rings. The molecule has 0 aliphatic carbocycles. The molecular weight excluding hydrogens is 126 g/mol. The predicted molar refractivity (Wildman–Crippen MR) is 15.8 cm³/mol. The van der Waals surface area contributed by atoms with Gasteiger partial charge < -0.3 is 5.64 Å². The Morgan fingerprint density at radius 3 is 1.75 bits per heavy atom. The first-order valence-corrected chi connectivity index (χ1v) is 0.911. The van der Waals surface area contributed by atoms with Gasteiger partial charge in [-0.3, -0.25) is 0 Å². The van der Waals surface area contributed by atoms with E-state index >= 15 is 0 Å². The molecule has 2 radical (unpaired) electrons. The van der Waals surface area contributed by atoms with Crippen LogP contribution in [0.5, 0.6) is 0 Å². The summed E-state index contributed by atoms with van der Waals surface area (Å²) in [6.45, 7) is 1.78. The van der Waals surface area contributed by atoms with Crippen molar-refractivity contribution in [2.45, 2.75) is 6.82 Å². The van der Waals surface area contributed by atoms with Crippen LogP contribution < -0.4 is 5.64 Å². The largest absolute Gasteiger partial charge is 0.375 e. The fourth-order valence-electron chi connectivity index (χ4n) is 0. The molecule has 0 unspecified atom stereocenters. The zero-order chi connectivity index (χ0) is 2.71. The van der Waals surface area contributed by atoms with Crippen LogP contribution in [0.2, 0.25) is 6.82 Å². The SMILES string of the molecule is C[B]N.[Y]. The molecule has 0 aromatic heterocycles. The van der Waals surface area contributed by atoms with E-state index in [0.29, 0.717) is 0 Å². The van der Waals surface area contributed by atoms with E-state index in [1.807, 2.05) is 0 Å². The van der Waals surface area contributed by atoms with Crippen molar-refractivity contribution in [3.05, 3.63) is 0 Å². The molecule has 0 aromatic carbocycles. The molecule has 20 valence electrons. The molecule has 2 N–H and O–H groups in total. The molecule has 0 spiro atoms. The summed E-state index contributed by atoms with van der Waals surface area (Å²) in [6.07, 6.45) is 0. The van der Waals surface area contributed by atoms with Gasteiger partial charge in [0.05, 0.1) is 0 Å². The number of hydrogen-bond donors (Lipinski definition) is 1. The normalized spacial score (nSPS) is 3.50. The summed E-state index contributed by atoms with van der Waals surface area (Å²) < 4.78 is 0. The Balaban J connectivity index is 0. The molecule has 0 aromatic rings. The summed E-state index contributed by atoms with van der Waals surface area (Å²) in [5.74, 6) is 0. The molecule has 0 rings (SSSR count). The topological polar surface area (TPSA) is 26.0 Å². The van der Waals surface area contributed by atoms with Crippen LogP contribution in [-0.4, -0.2) is 7.41 Å². The van der Waals surface area contributed by atoms with Crippen molar-refractivity contribution in [3.8, 4) is 0 Å². The summed E-state index contributed by atoms with van der Waals surface area (Å²) in [6, 6.07) is 0. The molecule has 0 saturated heterocycles. The molecule has 0 bridgehead atoms. The van der Waals surface area contributed by atoms with Crippen LogP contribution in [0.4, 0.5) is 0 Å². The van der Waals surface area contributed by atoms with Gasteiger partial charge in [-0.05, 0) is 0 Å². The zero-order valence-electron chi connectivity index (χ0n) is 2.73. The summed E-state index contributed by atoms with van der Waals surface area (Å²) in [4.78, 5) is 0. The maximum absolute atomic E-state index is 4.72. The van der Waals surface area contributed by atoms with E-state index in [4.69, 9.17) is 5.64 Å². The maximum atomic E-state index is 4.72. The summed E-state index contributed by atoms with van der Waals surface area (Å²) in [7, 11) is 1.50. The van der Waals surface area contributed by atoms with Gasteiger partial charge in [-0.15, -0.1) is 0 Å². The monoisotopic (exact) mass is 131 g/mol. The first-order chi connectivity index (χ1) is 1.41. The molecule has 0 atom stereocenters. The van der Waals surface area contributed by atoms with Crippen molar-refractivity contribution in [2.75, 3.05) is 0 Å². The van der Waals surface area contributed by atoms with Gasteiger partial charge in [-0.25, -0.2) is 0 Å². The molecule has 3 heteroatoms. The molecule has 0 heterocycles. The van der Waals surface area contributed by atoms with E-state index in [2.05, 4.69) is 0 Å². The Morgan fingerprint density at radius 2 is 1.75 bits per heavy atom. The van der Waals surface area contributed by atoms with Crippen molar-refractivity contribution in [3.63, 3.8) is 0 Å². The van der Waals surface area contributed by atoms with Gasteiger partial charge in [0.2, 0.25) is 0 Å². The molecule has 0 fully saturated rings. The van der Waals surface area contributed by atoms with Crippen molar-refractivity contribution < 1.29 is 32.7 Å². The van der Waals surface area contributed by atoms with E-state index in [-0.39, 0.29) is 32.7 Å². The standard InChI is InChI=1S/CH5BN.Y/c1-2-3;/h3H2,1H3;. The Bertz CT molecular complexity index is 8.00. The van der Waals surface area contributed by atoms with Gasteiger partial charge in [0.15, 0.2) is 7.41 Å². The average Bonchev–Trinajstić information content (AvgIpc) is 0.918. The quantitative estimate of drug-likeness (QED) is 0.445. The Labute approximate surface area is 52.5 Å². The number of hydrogen-bond acceptors (Lipinski definition) is 1. The second-order valence-corrected chi connectivity index (χ2v) is 0.333. The van der Waals surface area contributed by atoms with Crippen LogP contribution in [0.3, 0.4) is 0 Å². The maximum Gasteiger partial charge on any atom is 0.198 e. The van der Waals surface area contributed by atoms with Crippen molar-refractivity contribution in [1.82, 2.24) is 0 Å². The van der Waals surface area contributed by atoms with E-state index in [0.717, 1.165) is 0 Å². The van der Waals surface area contributed by atoms with Crippen LogP contribution in [0.25, 0.3) is 0 Å². The van der Waals surface area contributed by atoms with E-state index in [1.165, 1.54) is 7.41 Å². The third-order valence-electron chi connectivity index (χ3n) is 0. The minimum atomic E-state index is 0. The molecular formula is CH5BNY. The van der Waals surface area contributed by atoms with Crippen LogP contribution >= 0.6 is 0 Å².